The monoisotopic (exact) mass is 306 g/mol. The van der Waals surface area contributed by atoms with Crippen LogP contribution in [0.2, 0.25) is 0 Å². The van der Waals surface area contributed by atoms with Gasteiger partial charge in [0, 0.05) is 6.42 Å². The van der Waals surface area contributed by atoms with Gasteiger partial charge in [-0.05, 0) is 38.5 Å². The predicted octanol–water partition coefficient (Wildman–Crippen LogP) is 6.44. The summed E-state index contributed by atoms with van der Waals surface area (Å²) in [7, 11) is 0. The normalized spacial score (nSPS) is 12.0. The van der Waals surface area contributed by atoms with Gasteiger partial charge < -0.3 is 5.11 Å². The van der Waals surface area contributed by atoms with Crippen molar-refractivity contribution >= 4 is 5.97 Å². The second-order valence-electron chi connectivity index (χ2n) is 5.72. The second kappa shape index (κ2) is 17.7. The highest BCUT2D eigenvalue weighted by Gasteiger charge is 1.96. The second-order valence-corrected chi connectivity index (χ2v) is 5.72. The van der Waals surface area contributed by atoms with Gasteiger partial charge in [0.05, 0.1) is 0 Å². The van der Waals surface area contributed by atoms with Crippen LogP contribution in [0.1, 0.15) is 84.0 Å². The van der Waals surface area contributed by atoms with E-state index in [0.717, 1.165) is 32.1 Å². The number of carbonyl (C=O) groups is 1. The van der Waals surface area contributed by atoms with Crippen molar-refractivity contribution in [1.29, 1.82) is 0 Å². The molecule has 0 amide bonds. The molecular formula is C20H34O2. The summed E-state index contributed by atoms with van der Waals surface area (Å²) < 4.78 is 0. The van der Waals surface area contributed by atoms with Crippen molar-refractivity contribution in [3.8, 4) is 0 Å². The Kier molecular flexibility index (Phi) is 16.7. The van der Waals surface area contributed by atoms with Gasteiger partial charge in [-0.25, -0.2) is 0 Å². The minimum absolute atomic E-state index is 0.328. The van der Waals surface area contributed by atoms with Crippen LogP contribution in [0.5, 0.6) is 0 Å². The Morgan fingerprint density at radius 3 is 1.95 bits per heavy atom. The van der Waals surface area contributed by atoms with Gasteiger partial charge in [0.15, 0.2) is 0 Å². The molecule has 0 bridgehead atoms. The van der Waals surface area contributed by atoms with Gasteiger partial charge in [-0.1, -0.05) is 75.5 Å². The summed E-state index contributed by atoms with van der Waals surface area (Å²) in [4.78, 5) is 10.3. The third-order valence-electron chi connectivity index (χ3n) is 3.55. The molecule has 0 fully saturated rings. The van der Waals surface area contributed by atoms with E-state index in [1.54, 1.807) is 0 Å². The molecule has 2 nitrogen and oxygen atoms in total. The maximum Gasteiger partial charge on any atom is 0.303 e. The summed E-state index contributed by atoms with van der Waals surface area (Å²) in [6.07, 6.45) is 26.3. The molecule has 0 atom stereocenters. The third-order valence-corrected chi connectivity index (χ3v) is 3.55. The molecule has 0 heterocycles. The van der Waals surface area contributed by atoms with Gasteiger partial charge in [0.2, 0.25) is 0 Å². The van der Waals surface area contributed by atoms with Crippen LogP contribution in [0, 0.1) is 0 Å². The first-order valence-corrected chi connectivity index (χ1v) is 8.95. The third kappa shape index (κ3) is 18.7. The molecule has 0 saturated heterocycles. The van der Waals surface area contributed by atoms with E-state index in [1.807, 2.05) is 0 Å². The highest BCUT2D eigenvalue weighted by Crippen LogP contribution is 2.10. The Labute approximate surface area is 137 Å². The van der Waals surface area contributed by atoms with Gasteiger partial charge in [-0.2, -0.15) is 0 Å². The van der Waals surface area contributed by atoms with E-state index in [-0.39, 0.29) is 0 Å². The lowest BCUT2D eigenvalue weighted by Crippen LogP contribution is -1.93. The van der Waals surface area contributed by atoms with E-state index in [1.165, 1.54) is 38.5 Å². The molecule has 0 aromatic carbocycles. The average molecular weight is 306 g/mol. The van der Waals surface area contributed by atoms with Gasteiger partial charge >= 0.3 is 5.97 Å². The van der Waals surface area contributed by atoms with E-state index in [2.05, 4.69) is 43.4 Å². The summed E-state index contributed by atoms with van der Waals surface area (Å²) in [5.41, 5.74) is 0. The molecule has 0 aliphatic rings. The first kappa shape index (κ1) is 20.7. The maximum atomic E-state index is 10.3. The number of hydrogen-bond acceptors (Lipinski definition) is 1. The van der Waals surface area contributed by atoms with Crippen LogP contribution in [-0.4, -0.2) is 11.1 Å². The van der Waals surface area contributed by atoms with Gasteiger partial charge in [-0.3, -0.25) is 4.79 Å². The molecule has 0 saturated carbocycles. The number of carboxylic acid groups (broad SMARTS) is 1. The van der Waals surface area contributed by atoms with E-state index >= 15 is 0 Å². The number of aliphatic carboxylic acids is 1. The molecule has 2 heteroatoms. The Morgan fingerprint density at radius 2 is 1.27 bits per heavy atom. The number of allylic oxidation sites excluding steroid dienone is 6. The van der Waals surface area contributed by atoms with E-state index < -0.39 is 5.97 Å². The fourth-order valence-corrected chi connectivity index (χ4v) is 2.24. The minimum atomic E-state index is -0.667. The first-order valence-electron chi connectivity index (χ1n) is 8.95. The van der Waals surface area contributed by atoms with Crippen LogP contribution in [-0.2, 0) is 4.79 Å². The van der Waals surface area contributed by atoms with Crippen LogP contribution >= 0.6 is 0 Å². The van der Waals surface area contributed by atoms with Crippen molar-refractivity contribution < 1.29 is 9.90 Å². The SMILES string of the molecule is CC/C=C/C=C/CC/C=C/CCCCCCCCCC(=O)O. The summed E-state index contributed by atoms with van der Waals surface area (Å²) in [6, 6.07) is 0. The first-order chi connectivity index (χ1) is 10.8. The van der Waals surface area contributed by atoms with Crippen LogP contribution in [0.4, 0.5) is 0 Å². The molecule has 22 heavy (non-hydrogen) atoms. The van der Waals surface area contributed by atoms with Gasteiger partial charge in [-0.15, -0.1) is 0 Å². The van der Waals surface area contributed by atoms with Gasteiger partial charge in [0.25, 0.3) is 0 Å². The molecule has 0 radical (unpaired) electrons. The molecule has 0 unspecified atom stereocenters. The number of carboxylic acids is 1. The van der Waals surface area contributed by atoms with Crippen molar-refractivity contribution in [2.45, 2.75) is 84.0 Å². The molecule has 0 rings (SSSR count). The Hall–Kier alpha value is -1.31. The van der Waals surface area contributed by atoms with Crippen molar-refractivity contribution in [3.63, 3.8) is 0 Å². The number of rotatable bonds is 15. The summed E-state index contributed by atoms with van der Waals surface area (Å²) in [5.74, 6) is -0.667. The Bertz CT molecular complexity index is 327. The van der Waals surface area contributed by atoms with E-state index in [9.17, 15) is 4.79 Å². The largest absolute Gasteiger partial charge is 0.481 e. The topological polar surface area (TPSA) is 37.3 Å². The molecule has 126 valence electrons. The Morgan fingerprint density at radius 1 is 0.727 bits per heavy atom. The van der Waals surface area contributed by atoms with Crippen LogP contribution in [0.3, 0.4) is 0 Å². The summed E-state index contributed by atoms with van der Waals surface area (Å²) in [6.45, 7) is 2.15. The predicted molar refractivity (Wildman–Crippen MR) is 96.1 cm³/mol. The van der Waals surface area contributed by atoms with Gasteiger partial charge in [0.1, 0.15) is 0 Å². The van der Waals surface area contributed by atoms with Crippen LogP contribution in [0.15, 0.2) is 36.5 Å². The lowest BCUT2D eigenvalue weighted by Gasteiger charge is -2.00. The van der Waals surface area contributed by atoms with Crippen molar-refractivity contribution in [2.24, 2.45) is 0 Å². The number of unbranched alkanes of at least 4 members (excludes halogenated alkanes) is 8. The lowest BCUT2D eigenvalue weighted by atomic mass is 10.1. The summed E-state index contributed by atoms with van der Waals surface area (Å²) >= 11 is 0. The maximum absolute atomic E-state index is 10.3. The van der Waals surface area contributed by atoms with Crippen molar-refractivity contribution in [2.75, 3.05) is 0 Å². The smallest absolute Gasteiger partial charge is 0.303 e. The molecule has 0 aliphatic heterocycles. The minimum Gasteiger partial charge on any atom is -0.481 e. The quantitative estimate of drug-likeness (QED) is 0.215. The van der Waals surface area contributed by atoms with Crippen LogP contribution < -0.4 is 0 Å². The molecule has 1 N–H and O–H groups in total. The highest BCUT2D eigenvalue weighted by molar-refractivity contribution is 5.66. The number of hydrogen-bond donors (Lipinski definition) is 1. The fourth-order valence-electron chi connectivity index (χ4n) is 2.24. The Balaban J connectivity index is 3.19. The zero-order valence-corrected chi connectivity index (χ0v) is 14.3. The molecule has 0 aliphatic carbocycles. The molecule has 0 spiro atoms. The molecule has 0 aromatic rings. The van der Waals surface area contributed by atoms with Crippen LogP contribution in [0.25, 0.3) is 0 Å². The van der Waals surface area contributed by atoms with E-state index in [4.69, 9.17) is 5.11 Å². The zero-order valence-electron chi connectivity index (χ0n) is 14.3. The lowest BCUT2D eigenvalue weighted by molar-refractivity contribution is -0.137. The standard InChI is InChI=1S/C20H34O2/c1-2-3-4-5-6-7-8-9-10-11-12-13-14-15-16-17-18-19-20(21)22/h3-6,9-10H,2,7-8,11-19H2,1H3,(H,21,22)/b4-3+,6-5+,10-9+. The molecule has 0 aromatic heterocycles. The zero-order chi connectivity index (χ0) is 16.3. The van der Waals surface area contributed by atoms with Crippen molar-refractivity contribution in [3.05, 3.63) is 36.5 Å². The van der Waals surface area contributed by atoms with E-state index in [0.29, 0.717) is 6.42 Å². The average Bonchev–Trinajstić information content (AvgIpc) is 2.50. The summed E-state index contributed by atoms with van der Waals surface area (Å²) in [5, 5.41) is 8.53. The molecular weight excluding hydrogens is 272 g/mol. The highest BCUT2D eigenvalue weighted by atomic mass is 16.4. The fraction of sp³-hybridized carbons (Fsp3) is 0.650. The van der Waals surface area contributed by atoms with Crippen molar-refractivity contribution in [1.82, 2.24) is 0 Å².